The van der Waals surface area contributed by atoms with Crippen LogP contribution in [0.15, 0.2) is 24.5 Å². The molecule has 0 aliphatic carbocycles. The number of hydrogen-bond acceptors (Lipinski definition) is 4. The number of rotatable bonds is 8. The van der Waals surface area contributed by atoms with Crippen molar-refractivity contribution in [1.82, 2.24) is 10.3 Å². The highest BCUT2D eigenvalue weighted by molar-refractivity contribution is 7.99. The molecule has 0 spiro atoms. The van der Waals surface area contributed by atoms with Crippen LogP contribution >= 0.6 is 11.8 Å². The molecule has 1 aromatic rings. The molecule has 19 heavy (non-hydrogen) atoms. The maximum Gasteiger partial charge on any atom is 0.230 e. The molecule has 0 aliphatic heterocycles. The predicted octanol–water partition coefficient (Wildman–Crippen LogP) is 1.84. The lowest BCUT2D eigenvalue weighted by atomic mass is 10.0. The number of nitrogens with zero attached hydrogens (tertiary/aromatic N) is 1. The Morgan fingerprint density at radius 3 is 3.00 bits per heavy atom. The summed E-state index contributed by atoms with van der Waals surface area (Å²) in [4.78, 5) is 15.6. The van der Waals surface area contributed by atoms with E-state index in [0.717, 1.165) is 17.7 Å². The minimum Gasteiger partial charge on any atom is -0.391 e. The summed E-state index contributed by atoms with van der Waals surface area (Å²) < 4.78 is 0. The van der Waals surface area contributed by atoms with Crippen LogP contribution in [-0.2, 0) is 10.5 Å². The van der Waals surface area contributed by atoms with Crippen LogP contribution in [0.4, 0.5) is 0 Å². The SMILES string of the molecule is CCC(C)C(O)CNC(=O)CSCc1cccnc1. The summed E-state index contributed by atoms with van der Waals surface area (Å²) in [5.41, 5.74) is 1.11. The summed E-state index contributed by atoms with van der Waals surface area (Å²) in [6, 6.07) is 3.88. The Bertz CT molecular complexity index is 373. The van der Waals surface area contributed by atoms with Crippen LogP contribution < -0.4 is 5.32 Å². The summed E-state index contributed by atoms with van der Waals surface area (Å²) in [6.07, 6.45) is 3.99. The quantitative estimate of drug-likeness (QED) is 0.764. The molecule has 0 saturated carbocycles. The zero-order chi connectivity index (χ0) is 14.1. The van der Waals surface area contributed by atoms with Gasteiger partial charge in [0.15, 0.2) is 0 Å². The average molecular weight is 282 g/mol. The van der Waals surface area contributed by atoms with Crippen molar-refractivity contribution in [2.45, 2.75) is 32.1 Å². The van der Waals surface area contributed by atoms with Crippen LogP contribution in [0.2, 0.25) is 0 Å². The molecule has 1 aromatic heterocycles. The largest absolute Gasteiger partial charge is 0.391 e. The van der Waals surface area contributed by atoms with Crippen molar-refractivity contribution >= 4 is 17.7 Å². The normalized spacial score (nSPS) is 13.8. The standard InChI is InChI=1S/C14H22N2O2S/c1-3-11(2)13(17)8-16-14(18)10-19-9-12-5-4-6-15-7-12/h4-7,11,13,17H,3,8-10H2,1-2H3,(H,16,18). The van der Waals surface area contributed by atoms with E-state index in [1.165, 1.54) is 0 Å². The highest BCUT2D eigenvalue weighted by atomic mass is 32.2. The van der Waals surface area contributed by atoms with Crippen LogP contribution in [0.5, 0.6) is 0 Å². The molecule has 4 nitrogen and oxygen atoms in total. The summed E-state index contributed by atoms with van der Waals surface area (Å²) in [7, 11) is 0. The Hall–Kier alpha value is -1.07. The fourth-order valence-corrected chi connectivity index (χ4v) is 2.28. The first-order chi connectivity index (χ1) is 9.13. The van der Waals surface area contributed by atoms with Gasteiger partial charge in [0.2, 0.25) is 5.91 Å². The zero-order valence-electron chi connectivity index (χ0n) is 11.5. The maximum absolute atomic E-state index is 11.6. The maximum atomic E-state index is 11.6. The second-order valence-corrected chi connectivity index (χ2v) is 5.60. The van der Waals surface area contributed by atoms with Crippen LogP contribution in [0.3, 0.4) is 0 Å². The number of thioether (sulfide) groups is 1. The highest BCUT2D eigenvalue weighted by Crippen LogP contribution is 2.10. The van der Waals surface area contributed by atoms with Gasteiger partial charge in [0.1, 0.15) is 0 Å². The molecule has 1 amide bonds. The van der Waals surface area contributed by atoms with Gasteiger partial charge in [0, 0.05) is 24.7 Å². The Morgan fingerprint density at radius 2 is 2.37 bits per heavy atom. The smallest absolute Gasteiger partial charge is 0.230 e. The van der Waals surface area contributed by atoms with Crippen molar-refractivity contribution in [1.29, 1.82) is 0 Å². The molecule has 5 heteroatoms. The molecule has 0 fully saturated rings. The van der Waals surface area contributed by atoms with E-state index in [2.05, 4.69) is 10.3 Å². The molecule has 106 valence electrons. The summed E-state index contributed by atoms with van der Waals surface area (Å²) in [5, 5.41) is 12.5. The van der Waals surface area contributed by atoms with Crippen molar-refractivity contribution in [2.24, 2.45) is 5.92 Å². The van der Waals surface area contributed by atoms with E-state index in [1.54, 1.807) is 24.2 Å². The lowest BCUT2D eigenvalue weighted by Gasteiger charge is -2.17. The minimum atomic E-state index is -0.461. The van der Waals surface area contributed by atoms with Gasteiger partial charge in [-0.15, -0.1) is 11.8 Å². The van der Waals surface area contributed by atoms with Crippen molar-refractivity contribution in [3.8, 4) is 0 Å². The lowest BCUT2D eigenvalue weighted by molar-refractivity contribution is -0.119. The van der Waals surface area contributed by atoms with Gasteiger partial charge in [0.05, 0.1) is 11.9 Å². The number of aliphatic hydroxyl groups is 1. The van der Waals surface area contributed by atoms with Gasteiger partial charge in [-0.2, -0.15) is 0 Å². The monoisotopic (exact) mass is 282 g/mol. The number of carbonyl (C=O) groups is 1. The second kappa shape index (κ2) is 8.93. The lowest BCUT2D eigenvalue weighted by Crippen LogP contribution is -2.36. The minimum absolute atomic E-state index is 0.0313. The Balaban J connectivity index is 2.15. The third kappa shape index (κ3) is 6.59. The molecule has 0 bridgehead atoms. The van der Waals surface area contributed by atoms with E-state index in [1.807, 2.05) is 26.0 Å². The molecule has 2 N–H and O–H groups in total. The molecule has 2 unspecified atom stereocenters. The van der Waals surface area contributed by atoms with Crippen LogP contribution in [0.1, 0.15) is 25.8 Å². The van der Waals surface area contributed by atoms with Gasteiger partial charge in [-0.3, -0.25) is 9.78 Å². The van der Waals surface area contributed by atoms with Gasteiger partial charge in [-0.05, 0) is 17.5 Å². The Morgan fingerprint density at radius 1 is 1.58 bits per heavy atom. The molecule has 1 rings (SSSR count). The average Bonchev–Trinajstić information content (AvgIpc) is 2.45. The van der Waals surface area contributed by atoms with Gasteiger partial charge >= 0.3 is 0 Å². The summed E-state index contributed by atoms with van der Waals surface area (Å²) >= 11 is 1.55. The Kier molecular flexibility index (Phi) is 7.52. The van der Waals surface area contributed by atoms with Gasteiger partial charge < -0.3 is 10.4 Å². The van der Waals surface area contributed by atoms with E-state index in [4.69, 9.17) is 0 Å². The summed E-state index contributed by atoms with van der Waals surface area (Å²) in [5.74, 6) is 1.36. The van der Waals surface area contributed by atoms with Crippen LogP contribution in [-0.4, -0.2) is 34.4 Å². The van der Waals surface area contributed by atoms with Gasteiger partial charge in [-0.25, -0.2) is 0 Å². The Labute approximate surface area is 119 Å². The molecule has 2 atom stereocenters. The molecular weight excluding hydrogens is 260 g/mol. The first kappa shape index (κ1) is 16.0. The van der Waals surface area contributed by atoms with Crippen LogP contribution in [0, 0.1) is 5.92 Å². The number of pyridine rings is 1. The third-order valence-corrected chi connectivity index (χ3v) is 4.04. The molecule has 0 radical (unpaired) electrons. The number of hydrogen-bond donors (Lipinski definition) is 2. The molecular formula is C14H22N2O2S. The number of aliphatic hydroxyl groups excluding tert-OH is 1. The fraction of sp³-hybridized carbons (Fsp3) is 0.571. The first-order valence-electron chi connectivity index (χ1n) is 6.55. The van der Waals surface area contributed by atoms with E-state index in [-0.39, 0.29) is 11.8 Å². The van der Waals surface area contributed by atoms with Gasteiger partial charge in [-0.1, -0.05) is 26.3 Å². The topological polar surface area (TPSA) is 62.2 Å². The molecule has 0 aliphatic rings. The van der Waals surface area contributed by atoms with Crippen molar-refractivity contribution in [3.05, 3.63) is 30.1 Å². The highest BCUT2D eigenvalue weighted by Gasteiger charge is 2.13. The van der Waals surface area contributed by atoms with E-state index in [9.17, 15) is 9.90 Å². The predicted molar refractivity (Wildman–Crippen MR) is 78.9 cm³/mol. The fourth-order valence-electron chi connectivity index (χ4n) is 1.49. The molecule has 1 heterocycles. The number of amides is 1. The van der Waals surface area contributed by atoms with E-state index in [0.29, 0.717) is 12.3 Å². The van der Waals surface area contributed by atoms with Crippen molar-refractivity contribution in [2.75, 3.05) is 12.3 Å². The molecule has 0 aromatic carbocycles. The van der Waals surface area contributed by atoms with E-state index < -0.39 is 6.10 Å². The number of aromatic nitrogens is 1. The van der Waals surface area contributed by atoms with Crippen molar-refractivity contribution < 1.29 is 9.90 Å². The first-order valence-corrected chi connectivity index (χ1v) is 7.70. The van der Waals surface area contributed by atoms with Gasteiger partial charge in [0.25, 0.3) is 0 Å². The second-order valence-electron chi connectivity index (χ2n) is 4.61. The number of carbonyl (C=O) groups excluding carboxylic acids is 1. The zero-order valence-corrected chi connectivity index (χ0v) is 12.3. The summed E-state index contributed by atoms with van der Waals surface area (Å²) in [6.45, 7) is 4.34. The number of nitrogens with one attached hydrogen (secondary N) is 1. The van der Waals surface area contributed by atoms with Crippen LogP contribution in [0.25, 0.3) is 0 Å². The van der Waals surface area contributed by atoms with Crippen molar-refractivity contribution in [3.63, 3.8) is 0 Å². The third-order valence-electron chi connectivity index (χ3n) is 3.03. The van der Waals surface area contributed by atoms with E-state index >= 15 is 0 Å². The molecule has 0 saturated heterocycles.